The monoisotopic (exact) mass is 432 g/mol. The van der Waals surface area contributed by atoms with E-state index >= 15 is 0 Å². The molecule has 4 rings (SSSR count). The van der Waals surface area contributed by atoms with Crippen molar-refractivity contribution in [3.63, 3.8) is 0 Å². The number of carbonyl (C=O) groups excluding carboxylic acids is 1. The van der Waals surface area contributed by atoms with Gasteiger partial charge in [0.1, 0.15) is 23.9 Å². The van der Waals surface area contributed by atoms with Gasteiger partial charge in [0.25, 0.3) is 0 Å². The molecule has 2 atom stereocenters. The Hall–Kier alpha value is -2.91. The second-order valence-electron chi connectivity index (χ2n) is 9.11. The summed E-state index contributed by atoms with van der Waals surface area (Å²) in [5.74, 6) is 1.14. The maximum Gasteiger partial charge on any atom is 0.410 e. The molecule has 0 saturated carbocycles. The average Bonchev–Trinajstić information content (AvgIpc) is 3.25. The molecule has 1 fully saturated rings. The Balaban J connectivity index is 1.41. The minimum absolute atomic E-state index is 0.0645. The van der Waals surface area contributed by atoms with E-state index in [-0.39, 0.29) is 6.54 Å². The van der Waals surface area contributed by atoms with Crippen LogP contribution < -0.4 is 9.64 Å². The Bertz CT molecular complexity index is 973. The number of aromatic nitrogens is 4. The fourth-order valence-electron chi connectivity index (χ4n) is 3.95. The van der Waals surface area contributed by atoms with Gasteiger partial charge in [0.2, 0.25) is 5.88 Å². The normalized spacial score (nSPS) is 21.2. The van der Waals surface area contributed by atoms with Crippen LogP contribution in [0.2, 0.25) is 0 Å². The van der Waals surface area contributed by atoms with Gasteiger partial charge in [-0.25, -0.2) is 19.2 Å². The zero-order chi connectivity index (χ0) is 22.3. The summed E-state index contributed by atoms with van der Waals surface area (Å²) in [5.41, 5.74) is 2.47. The number of likely N-dealkylation sites (tertiary alicyclic amines) is 1. The largest absolute Gasteiger partial charge is 0.471 e. The van der Waals surface area contributed by atoms with Crippen LogP contribution >= 0.6 is 0 Å². The fourth-order valence-corrected chi connectivity index (χ4v) is 3.95. The van der Waals surface area contributed by atoms with Gasteiger partial charge in [0, 0.05) is 32.1 Å². The van der Waals surface area contributed by atoms with Crippen LogP contribution in [-0.4, -0.2) is 61.7 Å². The molecule has 2 aliphatic heterocycles. The Morgan fingerprint density at radius 1 is 1.26 bits per heavy atom. The van der Waals surface area contributed by atoms with Crippen molar-refractivity contribution in [2.75, 3.05) is 18.0 Å². The van der Waals surface area contributed by atoms with Gasteiger partial charge in [0.15, 0.2) is 6.17 Å². The molecule has 2 aromatic rings. The number of carbonyl (C=O) groups is 1. The number of hydrogen-bond acceptors (Lipinski definition) is 7. The minimum atomic E-state index is -1.33. The number of alkyl halides is 1. The first-order chi connectivity index (χ1) is 14.6. The van der Waals surface area contributed by atoms with Crippen LogP contribution in [0.5, 0.6) is 5.88 Å². The lowest BCUT2D eigenvalue weighted by atomic mass is 10.1. The third-order valence-electron chi connectivity index (χ3n) is 5.56. The topological polar surface area (TPSA) is 85.6 Å². The third-order valence-corrected chi connectivity index (χ3v) is 5.56. The van der Waals surface area contributed by atoms with Gasteiger partial charge in [-0.05, 0) is 27.7 Å². The Labute approximate surface area is 181 Å². The average molecular weight is 433 g/mol. The summed E-state index contributed by atoms with van der Waals surface area (Å²) in [6, 6.07) is 0. The zero-order valence-electron chi connectivity index (χ0n) is 18.6. The highest BCUT2D eigenvalue weighted by Crippen LogP contribution is 2.32. The lowest BCUT2D eigenvalue weighted by molar-refractivity contribution is -0.0116. The van der Waals surface area contributed by atoms with E-state index < -0.39 is 24.0 Å². The number of ether oxygens (including phenoxy) is 2. The molecule has 2 aliphatic rings. The van der Waals surface area contributed by atoms with Gasteiger partial charge in [-0.3, -0.25) is 4.68 Å². The summed E-state index contributed by atoms with van der Waals surface area (Å²) < 4.78 is 28.0. The summed E-state index contributed by atoms with van der Waals surface area (Å²) in [6.07, 6.45) is 1.16. The van der Waals surface area contributed by atoms with Crippen molar-refractivity contribution in [2.24, 2.45) is 7.05 Å². The molecule has 31 heavy (non-hydrogen) atoms. The van der Waals surface area contributed by atoms with E-state index in [0.717, 1.165) is 17.1 Å². The molecule has 0 bridgehead atoms. The molecule has 0 aromatic carbocycles. The highest BCUT2D eigenvalue weighted by Gasteiger charge is 2.36. The second kappa shape index (κ2) is 7.97. The fraction of sp³-hybridized carbons (Fsp3) is 0.619. The molecule has 0 spiro atoms. The summed E-state index contributed by atoms with van der Waals surface area (Å²) in [6.45, 7) is 8.96. The smallest absolute Gasteiger partial charge is 0.410 e. The van der Waals surface area contributed by atoms with Crippen molar-refractivity contribution in [1.29, 1.82) is 0 Å². The van der Waals surface area contributed by atoms with Crippen LogP contribution in [-0.2, 0) is 24.9 Å². The molecular formula is C21H29FN6O3. The Kier molecular flexibility index (Phi) is 5.49. The molecule has 2 aromatic heterocycles. The van der Waals surface area contributed by atoms with Crippen molar-refractivity contribution in [1.82, 2.24) is 24.6 Å². The number of rotatable bonds is 3. The van der Waals surface area contributed by atoms with Crippen LogP contribution in [0.4, 0.5) is 15.0 Å². The summed E-state index contributed by atoms with van der Waals surface area (Å²) in [7, 11) is 1.93. The predicted octanol–water partition coefficient (Wildman–Crippen LogP) is 2.77. The maximum absolute atomic E-state index is 14.9. The van der Waals surface area contributed by atoms with E-state index in [1.54, 1.807) is 20.8 Å². The standard InChI is InChI=1S/C21H29FN6O3/c1-13-18(28-9-14-8-25-26(5)16(14)11-28)23-12-24-19(13)30-17-6-7-27(10-15(17)22)20(29)31-21(2,3)4/h8,12,15,17H,6-7,9-11H2,1-5H3/t15-,17+/m1/s1. The Morgan fingerprint density at radius 2 is 2.03 bits per heavy atom. The van der Waals surface area contributed by atoms with Crippen molar-refractivity contribution < 1.29 is 18.7 Å². The number of hydrogen-bond donors (Lipinski definition) is 0. The number of aryl methyl sites for hydroxylation is 1. The van der Waals surface area contributed by atoms with E-state index in [0.29, 0.717) is 31.9 Å². The summed E-state index contributed by atoms with van der Waals surface area (Å²) >= 11 is 0. The van der Waals surface area contributed by atoms with Crippen LogP contribution in [0.25, 0.3) is 0 Å². The molecule has 9 nitrogen and oxygen atoms in total. The number of nitrogens with zero attached hydrogens (tertiary/aromatic N) is 6. The van der Waals surface area contributed by atoms with Gasteiger partial charge in [0.05, 0.1) is 30.5 Å². The second-order valence-corrected chi connectivity index (χ2v) is 9.11. The van der Waals surface area contributed by atoms with Gasteiger partial charge in [-0.1, -0.05) is 0 Å². The number of amides is 1. The van der Waals surface area contributed by atoms with Gasteiger partial charge in [-0.2, -0.15) is 5.10 Å². The van der Waals surface area contributed by atoms with Crippen LogP contribution in [0.1, 0.15) is 44.0 Å². The lowest BCUT2D eigenvalue weighted by Crippen LogP contribution is -2.50. The maximum atomic E-state index is 14.9. The van der Waals surface area contributed by atoms with Gasteiger partial charge >= 0.3 is 6.09 Å². The molecule has 1 saturated heterocycles. The number of anilines is 1. The lowest BCUT2D eigenvalue weighted by Gasteiger charge is -2.35. The van der Waals surface area contributed by atoms with Crippen LogP contribution in [0, 0.1) is 6.92 Å². The summed E-state index contributed by atoms with van der Waals surface area (Å²) in [5, 5.41) is 4.28. The molecular weight excluding hydrogens is 403 g/mol. The van der Waals surface area contributed by atoms with Crippen LogP contribution in [0.3, 0.4) is 0 Å². The van der Waals surface area contributed by atoms with E-state index in [1.807, 2.05) is 24.9 Å². The predicted molar refractivity (Wildman–Crippen MR) is 112 cm³/mol. The van der Waals surface area contributed by atoms with E-state index in [4.69, 9.17) is 9.47 Å². The minimum Gasteiger partial charge on any atom is -0.471 e. The Morgan fingerprint density at radius 3 is 2.71 bits per heavy atom. The number of fused-ring (bicyclic) bond motifs is 1. The van der Waals surface area contributed by atoms with Crippen molar-refractivity contribution in [2.45, 2.75) is 65.1 Å². The molecule has 10 heteroatoms. The summed E-state index contributed by atoms with van der Waals surface area (Å²) in [4.78, 5) is 24.4. The van der Waals surface area contributed by atoms with Gasteiger partial charge < -0.3 is 19.3 Å². The molecule has 168 valence electrons. The third kappa shape index (κ3) is 4.42. The van der Waals surface area contributed by atoms with E-state index in [9.17, 15) is 9.18 Å². The van der Waals surface area contributed by atoms with E-state index in [1.165, 1.54) is 16.8 Å². The number of halogens is 1. The number of piperidine rings is 1. The molecule has 0 unspecified atom stereocenters. The highest BCUT2D eigenvalue weighted by atomic mass is 19.1. The van der Waals surface area contributed by atoms with Crippen molar-refractivity contribution >= 4 is 11.9 Å². The van der Waals surface area contributed by atoms with Crippen molar-refractivity contribution in [3.05, 3.63) is 29.3 Å². The van der Waals surface area contributed by atoms with E-state index in [2.05, 4.69) is 20.0 Å². The van der Waals surface area contributed by atoms with Gasteiger partial charge in [-0.15, -0.1) is 0 Å². The molecule has 0 aliphatic carbocycles. The zero-order valence-corrected chi connectivity index (χ0v) is 18.6. The SMILES string of the molecule is Cc1c(O[C@H]2CCN(C(=O)OC(C)(C)C)C[C@H]2F)ncnc1N1Cc2cnn(C)c2C1. The first-order valence-corrected chi connectivity index (χ1v) is 10.5. The van der Waals surface area contributed by atoms with Crippen molar-refractivity contribution in [3.8, 4) is 5.88 Å². The molecule has 4 heterocycles. The van der Waals surface area contributed by atoms with Crippen LogP contribution in [0.15, 0.2) is 12.5 Å². The molecule has 0 radical (unpaired) electrons. The molecule has 0 N–H and O–H groups in total. The first kappa shape index (κ1) is 21.3. The highest BCUT2D eigenvalue weighted by molar-refractivity contribution is 5.68. The first-order valence-electron chi connectivity index (χ1n) is 10.5. The molecule has 1 amide bonds. The quantitative estimate of drug-likeness (QED) is 0.737.